The number of fused-ring (bicyclic) bond motifs is 21. The largest absolute Gasteiger partial charge is 0.309 e. The molecule has 2 aliphatic carbocycles. The standard InChI is InChI=1S/C62H37NS3/c1-4-20-46-40(16-1)44-36-38(32-34-48(44)61(46)50-22-6-11-28-56(50)64-57-29-12-7-23-51(57)61)63(54-26-15-19-43-42-18-3-10-27-55(42)66-60(43)54)39-33-35-49-45(37-39)41-17-2-5-21-47(41)62(49)52-24-8-13-30-58(52)65-59-31-14-9-25-53(59)62/h1-37H. The molecular formula is C62H37NS3. The van der Waals surface area contributed by atoms with Gasteiger partial charge in [0.15, 0.2) is 0 Å². The zero-order valence-electron chi connectivity index (χ0n) is 35.5. The summed E-state index contributed by atoms with van der Waals surface area (Å²) < 4.78 is 2.59. The number of benzene rings is 10. The second kappa shape index (κ2) is 13.7. The van der Waals surface area contributed by atoms with Gasteiger partial charge in [0.1, 0.15) is 0 Å². The molecule has 308 valence electrons. The summed E-state index contributed by atoms with van der Waals surface area (Å²) in [4.78, 5) is 7.83. The molecule has 2 spiro atoms. The second-order valence-electron chi connectivity index (χ2n) is 17.8. The average molecular weight is 892 g/mol. The quantitative estimate of drug-likeness (QED) is 0.174. The van der Waals surface area contributed by atoms with Gasteiger partial charge in [0, 0.05) is 46.4 Å². The molecule has 0 saturated carbocycles. The third-order valence-corrected chi connectivity index (χ3v) is 18.3. The van der Waals surface area contributed by atoms with Gasteiger partial charge < -0.3 is 4.90 Å². The Bertz CT molecular complexity index is 3590. The van der Waals surface area contributed by atoms with Gasteiger partial charge in [0.2, 0.25) is 0 Å². The first-order valence-corrected chi connectivity index (χ1v) is 25.1. The first-order chi connectivity index (χ1) is 32.7. The fraction of sp³-hybridized carbons (Fsp3) is 0.0323. The molecule has 0 saturated heterocycles. The fourth-order valence-electron chi connectivity index (χ4n) is 12.3. The zero-order chi connectivity index (χ0) is 43.1. The Hall–Kier alpha value is -7.08. The van der Waals surface area contributed by atoms with Crippen LogP contribution in [-0.4, -0.2) is 0 Å². The van der Waals surface area contributed by atoms with E-state index in [0.29, 0.717) is 0 Å². The van der Waals surface area contributed by atoms with Crippen LogP contribution in [0.3, 0.4) is 0 Å². The maximum Gasteiger partial charge on any atom is 0.0735 e. The lowest BCUT2D eigenvalue weighted by Gasteiger charge is -2.40. The first-order valence-electron chi connectivity index (χ1n) is 22.7. The van der Waals surface area contributed by atoms with Crippen LogP contribution in [0.4, 0.5) is 17.1 Å². The zero-order valence-corrected chi connectivity index (χ0v) is 38.0. The second-order valence-corrected chi connectivity index (χ2v) is 21.0. The van der Waals surface area contributed by atoms with E-state index in [9.17, 15) is 0 Å². The first kappa shape index (κ1) is 37.2. The number of thiophene rings is 1. The Labute approximate surface area is 396 Å². The summed E-state index contributed by atoms with van der Waals surface area (Å²) >= 11 is 5.68. The minimum absolute atomic E-state index is 0.435. The predicted octanol–water partition coefficient (Wildman–Crippen LogP) is 17.2. The van der Waals surface area contributed by atoms with Gasteiger partial charge in [-0.2, -0.15) is 0 Å². The van der Waals surface area contributed by atoms with Crippen molar-refractivity contribution in [3.8, 4) is 22.3 Å². The highest BCUT2D eigenvalue weighted by molar-refractivity contribution is 7.99. The summed E-state index contributed by atoms with van der Waals surface area (Å²) in [5, 5.41) is 2.59. The van der Waals surface area contributed by atoms with Crippen molar-refractivity contribution in [3.63, 3.8) is 0 Å². The highest BCUT2D eigenvalue weighted by Crippen LogP contribution is 2.65. The summed E-state index contributed by atoms with van der Waals surface area (Å²) in [5.41, 5.74) is 18.6. The van der Waals surface area contributed by atoms with E-state index in [1.807, 2.05) is 34.9 Å². The third kappa shape index (κ3) is 4.73. The molecule has 11 aromatic rings. The summed E-state index contributed by atoms with van der Waals surface area (Å²) in [6, 6.07) is 85.1. The van der Waals surface area contributed by atoms with E-state index in [1.165, 1.54) is 112 Å². The molecule has 1 nitrogen and oxygen atoms in total. The van der Waals surface area contributed by atoms with Gasteiger partial charge >= 0.3 is 0 Å². The molecule has 3 heterocycles. The van der Waals surface area contributed by atoms with Crippen LogP contribution in [-0.2, 0) is 10.8 Å². The number of hydrogen-bond donors (Lipinski definition) is 0. The summed E-state index contributed by atoms with van der Waals surface area (Å²) in [6.45, 7) is 0. The molecule has 2 aliphatic heterocycles. The van der Waals surface area contributed by atoms with Crippen molar-refractivity contribution in [2.45, 2.75) is 30.4 Å². The van der Waals surface area contributed by atoms with Gasteiger partial charge in [-0.3, -0.25) is 0 Å². The van der Waals surface area contributed by atoms with Crippen LogP contribution in [0.15, 0.2) is 244 Å². The fourth-order valence-corrected chi connectivity index (χ4v) is 15.9. The number of nitrogens with zero attached hydrogens (tertiary/aromatic N) is 1. The van der Waals surface area contributed by atoms with E-state index in [0.717, 1.165) is 11.4 Å². The predicted molar refractivity (Wildman–Crippen MR) is 277 cm³/mol. The molecule has 4 aliphatic rings. The van der Waals surface area contributed by atoms with Crippen LogP contribution < -0.4 is 4.90 Å². The maximum atomic E-state index is 2.55. The Morgan fingerprint density at radius 2 is 0.697 bits per heavy atom. The van der Waals surface area contributed by atoms with Crippen molar-refractivity contribution >= 4 is 72.1 Å². The molecule has 0 atom stereocenters. The van der Waals surface area contributed by atoms with Crippen LogP contribution in [0.1, 0.15) is 44.5 Å². The monoisotopic (exact) mass is 891 g/mol. The van der Waals surface area contributed by atoms with Crippen molar-refractivity contribution in [1.82, 2.24) is 0 Å². The van der Waals surface area contributed by atoms with E-state index in [2.05, 4.69) is 229 Å². The van der Waals surface area contributed by atoms with Crippen LogP contribution in [0, 0.1) is 0 Å². The smallest absolute Gasteiger partial charge is 0.0735 e. The molecule has 0 N–H and O–H groups in total. The van der Waals surface area contributed by atoms with E-state index in [1.54, 1.807) is 0 Å². The van der Waals surface area contributed by atoms with E-state index < -0.39 is 10.8 Å². The Balaban J connectivity index is 1.01. The van der Waals surface area contributed by atoms with E-state index in [-0.39, 0.29) is 0 Å². The number of rotatable bonds is 3. The summed E-state index contributed by atoms with van der Waals surface area (Å²) in [5.74, 6) is 0. The van der Waals surface area contributed by atoms with Gasteiger partial charge in [0.05, 0.1) is 21.2 Å². The van der Waals surface area contributed by atoms with Crippen LogP contribution in [0.2, 0.25) is 0 Å². The van der Waals surface area contributed by atoms with Gasteiger partial charge in [-0.1, -0.05) is 187 Å². The highest BCUT2D eigenvalue weighted by Gasteiger charge is 2.52. The highest BCUT2D eigenvalue weighted by atomic mass is 32.2. The van der Waals surface area contributed by atoms with Crippen LogP contribution in [0.25, 0.3) is 42.4 Å². The molecule has 0 bridgehead atoms. The van der Waals surface area contributed by atoms with E-state index >= 15 is 0 Å². The molecular weight excluding hydrogens is 855 g/mol. The van der Waals surface area contributed by atoms with Crippen molar-refractivity contribution < 1.29 is 0 Å². The molecule has 0 fully saturated rings. The molecule has 15 rings (SSSR count). The summed E-state index contributed by atoms with van der Waals surface area (Å²) in [7, 11) is 0. The normalized spacial score (nSPS) is 14.8. The van der Waals surface area contributed by atoms with Gasteiger partial charge in [-0.15, -0.1) is 11.3 Å². The van der Waals surface area contributed by atoms with Gasteiger partial charge in [-0.05, 0) is 127 Å². The van der Waals surface area contributed by atoms with Gasteiger partial charge in [0.25, 0.3) is 0 Å². The Morgan fingerprint density at radius 1 is 0.303 bits per heavy atom. The lowest BCUT2D eigenvalue weighted by atomic mass is 9.67. The maximum absolute atomic E-state index is 2.55. The molecule has 0 unspecified atom stereocenters. The van der Waals surface area contributed by atoms with Crippen LogP contribution in [0.5, 0.6) is 0 Å². The van der Waals surface area contributed by atoms with Crippen molar-refractivity contribution in [2.24, 2.45) is 0 Å². The average Bonchev–Trinajstić information content (AvgIpc) is 4.00. The molecule has 0 radical (unpaired) electrons. The molecule has 10 aromatic carbocycles. The van der Waals surface area contributed by atoms with Crippen molar-refractivity contribution in [3.05, 3.63) is 269 Å². The topological polar surface area (TPSA) is 3.24 Å². The van der Waals surface area contributed by atoms with Gasteiger partial charge in [-0.25, -0.2) is 0 Å². The SMILES string of the molecule is c1ccc2c(c1)Sc1ccccc1C21c2ccccc2-c2cc(N(c3ccc4c(c3)-c3ccccc3C43c4ccccc4Sc4ccccc43)c3cccc4c3sc3ccccc34)ccc21. The lowest BCUT2D eigenvalue weighted by Crippen LogP contribution is -2.32. The van der Waals surface area contributed by atoms with Crippen molar-refractivity contribution in [1.29, 1.82) is 0 Å². The van der Waals surface area contributed by atoms with E-state index in [4.69, 9.17) is 0 Å². The Morgan fingerprint density at radius 3 is 1.20 bits per heavy atom. The molecule has 66 heavy (non-hydrogen) atoms. The minimum Gasteiger partial charge on any atom is -0.309 e. The number of anilines is 3. The molecule has 4 heteroatoms. The molecule has 1 aromatic heterocycles. The minimum atomic E-state index is -0.435. The lowest BCUT2D eigenvalue weighted by molar-refractivity contribution is 0.722. The Kier molecular flexibility index (Phi) is 7.73. The van der Waals surface area contributed by atoms with Crippen LogP contribution >= 0.6 is 34.9 Å². The third-order valence-electron chi connectivity index (χ3n) is 14.8. The summed E-state index contributed by atoms with van der Waals surface area (Å²) in [6.07, 6.45) is 0. The number of hydrogen-bond acceptors (Lipinski definition) is 4. The molecule has 0 amide bonds. The van der Waals surface area contributed by atoms with Crippen molar-refractivity contribution in [2.75, 3.05) is 4.90 Å².